The predicted molar refractivity (Wildman–Crippen MR) is 90.3 cm³/mol. The first kappa shape index (κ1) is 19.3. The molecule has 0 aliphatic rings. The molecule has 3 nitrogen and oxygen atoms in total. The van der Waals surface area contributed by atoms with E-state index in [1.807, 2.05) is 18.2 Å². The minimum absolute atomic E-state index is 0. The zero-order valence-corrected chi connectivity index (χ0v) is 12.9. The van der Waals surface area contributed by atoms with Gasteiger partial charge in [-0.05, 0) is 29.8 Å². The average molecular weight is 349 g/mol. The van der Waals surface area contributed by atoms with E-state index in [0.29, 0.717) is 22.4 Å². The van der Waals surface area contributed by atoms with E-state index in [9.17, 15) is 4.79 Å². The molecule has 0 aliphatic heterocycles. The monoisotopic (exact) mass is 348 g/mol. The van der Waals surface area contributed by atoms with E-state index in [-0.39, 0.29) is 47.7 Å². The van der Waals surface area contributed by atoms with Crippen LogP contribution in [0.15, 0.2) is 42.5 Å². The van der Waals surface area contributed by atoms with E-state index < -0.39 is 0 Å². The summed E-state index contributed by atoms with van der Waals surface area (Å²) in [6.45, 7) is 2.02. The number of para-hydroxylation sites is 1. The van der Waals surface area contributed by atoms with Crippen LogP contribution < -0.4 is 9.47 Å². The Hall–Kier alpha value is -0.710. The van der Waals surface area contributed by atoms with E-state index >= 15 is 0 Å². The fourth-order valence-corrected chi connectivity index (χ4v) is 2.09. The zero-order valence-electron chi connectivity index (χ0n) is 11.4. The van der Waals surface area contributed by atoms with Gasteiger partial charge in [-0.25, -0.2) is 0 Å². The first-order valence-corrected chi connectivity index (χ1v) is 7.22. The summed E-state index contributed by atoms with van der Waals surface area (Å²) < 4.78 is 10.9. The molecule has 0 bridgehead atoms. The molecule has 0 saturated carbocycles. The molecule has 2 aromatic rings. The molecule has 0 spiro atoms. The van der Waals surface area contributed by atoms with Crippen molar-refractivity contribution in [3.63, 3.8) is 0 Å². The van der Waals surface area contributed by atoms with E-state index in [1.54, 1.807) is 31.2 Å². The quantitative estimate of drug-likeness (QED) is 0.460. The van der Waals surface area contributed by atoms with E-state index in [2.05, 4.69) is 0 Å². The summed E-state index contributed by atoms with van der Waals surface area (Å²) in [7, 11) is 0. The maximum absolute atomic E-state index is 11.5. The molecule has 0 atom stereocenters. The number of benzene rings is 2. The van der Waals surface area contributed by atoms with Gasteiger partial charge >= 0.3 is 35.5 Å². The van der Waals surface area contributed by atoms with Crippen molar-refractivity contribution in [1.82, 2.24) is 0 Å². The molecule has 0 radical (unpaired) electrons. The molecule has 22 heavy (non-hydrogen) atoms. The number of carbonyl (C=O) groups excluding carboxylic acids is 1. The average Bonchev–Trinajstić information content (AvgIpc) is 2.47. The normalized spacial score (nSPS) is 9.77. The summed E-state index contributed by atoms with van der Waals surface area (Å²) in [5.74, 6) is 0.299. The fraction of sp³-hybridized carbons (Fsp3) is 0.188. The first-order valence-electron chi connectivity index (χ1n) is 6.46. The number of hydrogen-bond donors (Lipinski definition) is 0. The molecule has 0 heterocycles. The van der Waals surface area contributed by atoms with Gasteiger partial charge in [0, 0.05) is 11.4 Å². The SMILES string of the molecule is CCC(=O)Oc1c(Cl)cccc1OCc1cccc(Cl)c1.[NaH]. The molecular weight excluding hydrogens is 334 g/mol. The van der Waals surface area contributed by atoms with Gasteiger partial charge in [-0.2, -0.15) is 0 Å². The van der Waals surface area contributed by atoms with Gasteiger partial charge in [0.2, 0.25) is 0 Å². The van der Waals surface area contributed by atoms with Gasteiger partial charge in [-0.3, -0.25) is 4.79 Å². The number of esters is 1. The fourth-order valence-electron chi connectivity index (χ4n) is 1.68. The molecule has 0 aliphatic carbocycles. The van der Waals surface area contributed by atoms with Crippen molar-refractivity contribution < 1.29 is 14.3 Å². The molecular formula is C16H15Cl2NaO3. The second kappa shape index (κ2) is 9.43. The molecule has 0 unspecified atom stereocenters. The standard InChI is InChI=1S/C16H14Cl2O3.Na.H/c1-2-15(19)21-16-13(18)7-4-8-14(16)20-10-11-5-3-6-12(17)9-11;;/h3-9H,2,10H2,1H3;;. The van der Waals surface area contributed by atoms with E-state index in [0.717, 1.165) is 5.56 Å². The molecule has 0 aromatic heterocycles. The van der Waals surface area contributed by atoms with Crippen LogP contribution >= 0.6 is 23.2 Å². The van der Waals surface area contributed by atoms with Crippen LogP contribution in [0, 0.1) is 0 Å². The Morgan fingerprint density at radius 3 is 2.55 bits per heavy atom. The van der Waals surface area contributed by atoms with Crippen molar-refractivity contribution in [2.45, 2.75) is 20.0 Å². The van der Waals surface area contributed by atoms with Crippen LogP contribution in [0.25, 0.3) is 0 Å². The van der Waals surface area contributed by atoms with E-state index in [4.69, 9.17) is 32.7 Å². The summed E-state index contributed by atoms with van der Waals surface area (Å²) in [4.78, 5) is 11.5. The van der Waals surface area contributed by atoms with Crippen LogP contribution in [0.1, 0.15) is 18.9 Å². The number of halogens is 2. The Balaban J connectivity index is 0.00000242. The van der Waals surface area contributed by atoms with Gasteiger partial charge in [0.1, 0.15) is 6.61 Å². The van der Waals surface area contributed by atoms with Crippen LogP contribution in [0.4, 0.5) is 0 Å². The molecule has 0 fully saturated rings. The Bertz CT molecular complexity index is 647. The van der Waals surface area contributed by atoms with Crippen LogP contribution in [0.5, 0.6) is 11.5 Å². The van der Waals surface area contributed by atoms with Gasteiger partial charge in [0.25, 0.3) is 0 Å². The summed E-state index contributed by atoms with van der Waals surface area (Å²) >= 11 is 12.0. The molecule has 6 heteroatoms. The van der Waals surface area contributed by atoms with Crippen LogP contribution in [-0.2, 0) is 11.4 Å². The third kappa shape index (κ3) is 5.49. The van der Waals surface area contributed by atoms with Gasteiger partial charge < -0.3 is 9.47 Å². The van der Waals surface area contributed by atoms with Crippen molar-refractivity contribution in [3.8, 4) is 11.5 Å². The van der Waals surface area contributed by atoms with Gasteiger partial charge in [-0.15, -0.1) is 0 Å². The zero-order chi connectivity index (χ0) is 15.2. The van der Waals surface area contributed by atoms with Crippen molar-refractivity contribution in [1.29, 1.82) is 0 Å². The number of carbonyl (C=O) groups is 1. The Morgan fingerprint density at radius 1 is 1.14 bits per heavy atom. The summed E-state index contributed by atoms with van der Waals surface area (Å²) in [6.07, 6.45) is 0.263. The maximum atomic E-state index is 11.5. The Morgan fingerprint density at radius 2 is 1.86 bits per heavy atom. The number of hydrogen-bond acceptors (Lipinski definition) is 3. The molecule has 112 valence electrons. The second-order valence-electron chi connectivity index (χ2n) is 4.31. The second-order valence-corrected chi connectivity index (χ2v) is 5.16. The minimum atomic E-state index is -0.365. The van der Waals surface area contributed by atoms with Crippen molar-refractivity contribution in [2.24, 2.45) is 0 Å². The molecule has 0 saturated heterocycles. The van der Waals surface area contributed by atoms with Crippen molar-refractivity contribution in [3.05, 3.63) is 58.1 Å². The van der Waals surface area contributed by atoms with Crippen LogP contribution in [0.3, 0.4) is 0 Å². The molecule has 2 rings (SSSR count). The molecule has 2 aromatic carbocycles. The number of rotatable bonds is 5. The predicted octanol–water partition coefficient (Wildman–Crippen LogP) is 4.24. The number of ether oxygens (including phenoxy) is 2. The van der Waals surface area contributed by atoms with Gasteiger partial charge in [0.05, 0.1) is 5.02 Å². The van der Waals surface area contributed by atoms with E-state index in [1.165, 1.54) is 0 Å². The third-order valence-electron chi connectivity index (χ3n) is 2.72. The summed E-state index contributed by atoms with van der Waals surface area (Å²) in [6, 6.07) is 12.4. The third-order valence-corrected chi connectivity index (χ3v) is 3.25. The Labute approximate surface area is 161 Å². The first-order chi connectivity index (χ1) is 10.1. The molecule has 0 amide bonds. The van der Waals surface area contributed by atoms with Crippen molar-refractivity contribution in [2.75, 3.05) is 0 Å². The van der Waals surface area contributed by atoms with Crippen LogP contribution in [0.2, 0.25) is 10.0 Å². The summed E-state index contributed by atoms with van der Waals surface area (Å²) in [5, 5.41) is 0.972. The van der Waals surface area contributed by atoms with Crippen molar-refractivity contribution >= 4 is 58.7 Å². The summed E-state index contributed by atoms with van der Waals surface area (Å²) in [5.41, 5.74) is 0.912. The van der Waals surface area contributed by atoms with Gasteiger partial charge in [0.15, 0.2) is 11.5 Å². The molecule has 0 N–H and O–H groups in total. The van der Waals surface area contributed by atoms with Gasteiger partial charge in [-0.1, -0.05) is 48.3 Å². The van der Waals surface area contributed by atoms with Crippen LogP contribution in [-0.4, -0.2) is 35.5 Å². The Kier molecular flexibility index (Phi) is 8.29. The topological polar surface area (TPSA) is 35.5 Å².